The molecular weight excluding hydrogens is 467 g/mol. The molecule has 1 aromatic carbocycles. The summed E-state index contributed by atoms with van der Waals surface area (Å²) in [5.41, 5.74) is 10.2. The van der Waals surface area contributed by atoms with E-state index in [1.165, 1.54) is 11.1 Å². The zero-order chi connectivity index (χ0) is 24.1. The number of nitrogens with zero attached hydrogens (tertiary/aromatic N) is 3. The monoisotopic (exact) mass is 500 g/mol. The highest BCUT2D eigenvalue weighted by Gasteiger charge is 2.22. The predicted molar refractivity (Wildman–Crippen MR) is 142 cm³/mol. The van der Waals surface area contributed by atoms with Crippen LogP contribution in [0.3, 0.4) is 0 Å². The van der Waals surface area contributed by atoms with Crippen LogP contribution in [0.25, 0.3) is 16.5 Å². The molecule has 0 radical (unpaired) electrons. The fourth-order valence-electron chi connectivity index (χ4n) is 4.79. The van der Waals surface area contributed by atoms with Crippen molar-refractivity contribution in [3.63, 3.8) is 0 Å². The van der Waals surface area contributed by atoms with Crippen molar-refractivity contribution in [3.05, 3.63) is 58.8 Å². The number of allylic oxidation sites excluding steroid dienone is 4. The summed E-state index contributed by atoms with van der Waals surface area (Å²) < 4.78 is 2.04. The molecule has 2 atom stereocenters. The molecule has 2 N–H and O–H groups in total. The van der Waals surface area contributed by atoms with Gasteiger partial charge in [0.15, 0.2) is 0 Å². The lowest BCUT2D eigenvalue weighted by Gasteiger charge is -2.27. The second kappa shape index (κ2) is 11.6. The van der Waals surface area contributed by atoms with Crippen LogP contribution in [0.1, 0.15) is 63.5 Å². The first-order chi connectivity index (χ1) is 16.5. The molecule has 2 unspecified atom stereocenters. The predicted octanol–water partition coefficient (Wildman–Crippen LogP) is 6.18. The number of hydrogen-bond acceptors (Lipinski definition) is 3. The minimum Gasteiger partial charge on any atom is -0.339 e. The number of fused-ring (bicyclic) bond motifs is 1. The lowest BCUT2D eigenvalue weighted by Crippen LogP contribution is -2.34. The van der Waals surface area contributed by atoms with E-state index in [2.05, 4.69) is 36.3 Å². The molecule has 1 aromatic heterocycles. The van der Waals surface area contributed by atoms with Crippen LogP contribution in [0.2, 0.25) is 0 Å². The van der Waals surface area contributed by atoms with Crippen LogP contribution in [-0.2, 0) is 4.79 Å². The Kier molecular flexibility index (Phi) is 8.51. The van der Waals surface area contributed by atoms with E-state index in [1.54, 1.807) is 0 Å². The summed E-state index contributed by atoms with van der Waals surface area (Å²) in [5.74, 6) is 0.260. The van der Waals surface area contributed by atoms with Crippen molar-refractivity contribution in [2.75, 3.05) is 19.6 Å². The Labute approximate surface area is 212 Å². The van der Waals surface area contributed by atoms with E-state index in [-0.39, 0.29) is 17.3 Å². The first kappa shape index (κ1) is 25.0. The second-order valence-corrected chi connectivity index (χ2v) is 10.3. The van der Waals surface area contributed by atoms with Crippen LogP contribution >= 0.6 is 23.2 Å². The van der Waals surface area contributed by atoms with Gasteiger partial charge in [0.25, 0.3) is 0 Å². The molecule has 1 aliphatic heterocycles. The van der Waals surface area contributed by atoms with Gasteiger partial charge in [-0.05, 0) is 55.5 Å². The molecule has 182 valence electrons. The molecular formula is C27H34Cl2N4O. The summed E-state index contributed by atoms with van der Waals surface area (Å²) in [6.07, 6.45) is 14.5. The van der Waals surface area contributed by atoms with E-state index < -0.39 is 0 Å². The van der Waals surface area contributed by atoms with Gasteiger partial charge < -0.3 is 10.6 Å². The van der Waals surface area contributed by atoms with E-state index >= 15 is 0 Å². The zero-order valence-electron chi connectivity index (χ0n) is 19.9. The van der Waals surface area contributed by atoms with Crippen molar-refractivity contribution in [1.29, 1.82) is 0 Å². The highest BCUT2D eigenvalue weighted by atomic mass is 35.5. The fraction of sp³-hybridized carbons (Fsp3) is 0.481. The average molecular weight is 502 g/mol. The van der Waals surface area contributed by atoms with Crippen molar-refractivity contribution in [1.82, 2.24) is 14.7 Å². The maximum absolute atomic E-state index is 12.6. The first-order valence-electron chi connectivity index (χ1n) is 12.3. The molecule has 0 saturated heterocycles. The van der Waals surface area contributed by atoms with Gasteiger partial charge in [0.2, 0.25) is 5.91 Å². The average Bonchev–Trinajstić information content (AvgIpc) is 3.27. The van der Waals surface area contributed by atoms with Crippen molar-refractivity contribution in [2.24, 2.45) is 5.73 Å². The molecule has 2 aliphatic rings. The van der Waals surface area contributed by atoms with Gasteiger partial charge in [-0.25, -0.2) is 0 Å². The van der Waals surface area contributed by atoms with Gasteiger partial charge in [-0.15, -0.1) is 11.6 Å². The number of nitrogens with two attached hydrogens (primary N) is 1. The molecule has 34 heavy (non-hydrogen) atoms. The van der Waals surface area contributed by atoms with Gasteiger partial charge in [0.05, 0.1) is 23.1 Å². The molecule has 5 nitrogen and oxygen atoms in total. The lowest BCUT2D eigenvalue weighted by molar-refractivity contribution is -0.130. The summed E-state index contributed by atoms with van der Waals surface area (Å²) >= 11 is 12.8. The Morgan fingerprint density at radius 1 is 1.26 bits per heavy atom. The van der Waals surface area contributed by atoms with Crippen molar-refractivity contribution < 1.29 is 4.79 Å². The smallest absolute Gasteiger partial charge is 0.222 e. The summed E-state index contributed by atoms with van der Waals surface area (Å²) in [5, 5.41) is 6.52. The minimum absolute atomic E-state index is 0.0129. The van der Waals surface area contributed by atoms with Gasteiger partial charge >= 0.3 is 0 Å². The van der Waals surface area contributed by atoms with Crippen LogP contribution in [-0.4, -0.2) is 45.6 Å². The number of carbonyl (C=O) groups excluding carboxylic acids is 1. The summed E-state index contributed by atoms with van der Waals surface area (Å²) in [7, 11) is 0. The number of carbonyl (C=O) groups is 1. The number of halogens is 2. The highest BCUT2D eigenvalue weighted by molar-refractivity contribution is 6.31. The first-order valence-corrected chi connectivity index (χ1v) is 13.1. The van der Waals surface area contributed by atoms with Gasteiger partial charge in [0, 0.05) is 36.3 Å². The molecule has 1 aliphatic carbocycles. The van der Waals surface area contributed by atoms with Crippen LogP contribution in [0, 0.1) is 0 Å². The Balaban J connectivity index is 1.45. The fourth-order valence-corrected chi connectivity index (χ4v) is 5.48. The molecule has 1 amide bonds. The number of rotatable bonds is 9. The van der Waals surface area contributed by atoms with Gasteiger partial charge in [-0.2, -0.15) is 5.10 Å². The van der Waals surface area contributed by atoms with E-state index in [0.717, 1.165) is 66.7 Å². The third-order valence-corrected chi connectivity index (χ3v) is 7.54. The maximum atomic E-state index is 12.6. The lowest BCUT2D eigenvalue weighted by atomic mass is 9.97. The molecule has 0 fully saturated rings. The van der Waals surface area contributed by atoms with Crippen molar-refractivity contribution in [2.45, 2.75) is 63.3 Å². The standard InChI is InChI=1S/C27H34Cl2N4O/c1-19(24-10-9-23(28)17-25(24)29)33-26-16-21(7-8-22(26)18-31-33)20-11-14-32(15-12-20)27(34)6-4-2-3-5-13-30/h7-11,16,18-19,23H,2-6,12-15,17,30H2,1H3. The Morgan fingerprint density at radius 2 is 2.09 bits per heavy atom. The number of alkyl halides is 1. The largest absolute Gasteiger partial charge is 0.339 e. The number of benzene rings is 1. The molecule has 2 heterocycles. The van der Waals surface area contributed by atoms with Gasteiger partial charge in [0.1, 0.15) is 0 Å². The number of amides is 1. The molecule has 2 aromatic rings. The highest BCUT2D eigenvalue weighted by Crippen LogP contribution is 2.34. The normalized spacial score (nSPS) is 19.6. The topological polar surface area (TPSA) is 64.2 Å². The quantitative estimate of drug-likeness (QED) is 0.330. The molecule has 0 saturated carbocycles. The minimum atomic E-state index is -0.0507. The SMILES string of the molecule is CC(C1=C(Cl)CC(Cl)C=C1)n1ncc2ccc(C3=CCN(C(=O)CCCCCCN)CC3)cc21. The van der Waals surface area contributed by atoms with Crippen molar-refractivity contribution >= 4 is 45.6 Å². The van der Waals surface area contributed by atoms with Crippen LogP contribution in [0.5, 0.6) is 0 Å². The van der Waals surface area contributed by atoms with Crippen LogP contribution in [0.4, 0.5) is 0 Å². The number of hydrogen-bond donors (Lipinski definition) is 1. The third kappa shape index (κ3) is 5.76. The maximum Gasteiger partial charge on any atom is 0.222 e. The molecule has 4 rings (SSSR count). The van der Waals surface area contributed by atoms with Crippen LogP contribution in [0.15, 0.2) is 53.2 Å². The summed E-state index contributed by atoms with van der Waals surface area (Å²) in [4.78, 5) is 14.5. The third-order valence-electron chi connectivity index (χ3n) is 6.86. The van der Waals surface area contributed by atoms with Gasteiger partial charge in [-0.3, -0.25) is 9.48 Å². The molecule has 0 spiro atoms. The van der Waals surface area contributed by atoms with E-state index in [1.807, 2.05) is 27.9 Å². The summed E-state index contributed by atoms with van der Waals surface area (Å²) in [6, 6.07) is 6.51. The van der Waals surface area contributed by atoms with E-state index in [4.69, 9.17) is 28.9 Å². The number of unbranched alkanes of at least 4 members (excludes halogenated alkanes) is 3. The Morgan fingerprint density at radius 3 is 2.82 bits per heavy atom. The van der Waals surface area contributed by atoms with E-state index in [0.29, 0.717) is 19.4 Å². The van der Waals surface area contributed by atoms with Crippen LogP contribution < -0.4 is 5.73 Å². The molecule has 0 bridgehead atoms. The van der Waals surface area contributed by atoms with Gasteiger partial charge in [-0.1, -0.05) is 54.8 Å². The summed E-state index contributed by atoms with van der Waals surface area (Å²) in [6.45, 7) is 4.30. The van der Waals surface area contributed by atoms with E-state index in [9.17, 15) is 4.79 Å². The van der Waals surface area contributed by atoms with Crippen molar-refractivity contribution in [3.8, 4) is 0 Å². The molecule has 7 heteroatoms. The number of aromatic nitrogens is 2. The Bertz CT molecular complexity index is 1120. The second-order valence-electron chi connectivity index (χ2n) is 9.25. The zero-order valence-corrected chi connectivity index (χ0v) is 21.4. The Hall–Kier alpha value is -2.08.